The number of unbranched alkanes of at least 4 members (excludes halogenated alkanes) is 2. The Kier molecular flexibility index (Phi) is 12.7. The van der Waals surface area contributed by atoms with Gasteiger partial charge in [0.05, 0.1) is 0 Å². The molecule has 0 aliphatic carbocycles. The molecule has 63 heavy (non-hydrogen) atoms. The molecule has 0 saturated carbocycles. The first-order valence-corrected chi connectivity index (χ1v) is 22.4. The zero-order chi connectivity index (χ0) is 42.8. The molecule has 0 fully saturated rings. The Labute approximate surface area is 372 Å². The van der Waals surface area contributed by atoms with Gasteiger partial charge in [-0.1, -0.05) is 190 Å². The van der Waals surface area contributed by atoms with E-state index in [0.717, 1.165) is 57.7 Å². The van der Waals surface area contributed by atoms with Crippen molar-refractivity contribution in [1.29, 1.82) is 0 Å². The summed E-state index contributed by atoms with van der Waals surface area (Å²) in [7, 11) is 0. The van der Waals surface area contributed by atoms with E-state index in [1.54, 1.807) is 0 Å². The van der Waals surface area contributed by atoms with Gasteiger partial charge in [0.2, 0.25) is 0 Å². The number of anilines is 3. The van der Waals surface area contributed by atoms with Gasteiger partial charge in [-0.2, -0.15) is 0 Å². The van der Waals surface area contributed by atoms with Crippen LogP contribution in [0.15, 0.2) is 206 Å². The third-order valence-electron chi connectivity index (χ3n) is 11.7. The summed E-state index contributed by atoms with van der Waals surface area (Å²) in [5, 5.41) is 0. The molecule has 0 atom stereocenters. The molecule has 0 aliphatic rings. The van der Waals surface area contributed by atoms with E-state index in [0.29, 0.717) is 17.5 Å². The van der Waals surface area contributed by atoms with E-state index >= 15 is 0 Å². The fourth-order valence-electron chi connectivity index (χ4n) is 8.14. The topological polar surface area (TPSA) is 41.9 Å². The minimum absolute atomic E-state index is 0.650. The molecule has 0 bridgehead atoms. The third kappa shape index (κ3) is 9.72. The second-order valence-electron chi connectivity index (χ2n) is 16.2. The average Bonchev–Trinajstić information content (AvgIpc) is 3.36. The van der Waals surface area contributed by atoms with Crippen molar-refractivity contribution >= 4 is 17.1 Å². The first kappa shape index (κ1) is 40.9. The van der Waals surface area contributed by atoms with Crippen molar-refractivity contribution in [2.24, 2.45) is 0 Å². The molecular formula is C59H52N4. The SMILES string of the molecule is CCCCc1ccc(-c2nc(-c3ccc(CCCC)cc3)nc(-c3cccc(-c4cccc(N(c5ccc(-c6ccccc6)cc5)c5ccc(-c6ccccc6)cc5)c4)c3)n2)cc1. The van der Waals surface area contributed by atoms with Crippen LogP contribution in [-0.2, 0) is 12.8 Å². The van der Waals surface area contributed by atoms with Crippen LogP contribution < -0.4 is 4.90 Å². The summed E-state index contributed by atoms with van der Waals surface area (Å²) in [5.74, 6) is 2.00. The molecule has 1 heterocycles. The number of aromatic nitrogens is 3. The van der Waals surface area contributed by atoms with Crippen molar-refractivity contribution in [1.82, 2.24) is 15.0 Å². The Morgan fingerprint density at radius 2 is 0.667 bits per heavy atom. The summed E-state index contributed by atoms with van der Waals surface area (Å²) < 4.78 is 0. The van der Waals surface area contributed by atoms with E-state index in [4.69, 9.17) is 15.0 Å². The number of hydrogen-bond acceptors (Lipinski definition) is 4. The summed E-state index contributed by atoms with van der Waals surface area (Å²) in [6, 6.07) is 73.6. The quantitative estimate of drug-likeness (QED) is 0.103. The Morgan fingerprint density at radius 1 is 0.302 bits per heavy atom. The van der Waals surface area contributed by atoms with Crippen LogP contribution >= 0.6 is 0 Å². The molecule has 4 nitrogen and oxygen atoms in total. The van der Waals surface area contributed by atoms with Crippen molar-refractivity contribution in [3.63, 3.8) is 0 Å². The van der Waals surface area contributed by atoms with Crippen molar-refractivity contribution in [2.75, 3.05) is 4.90 Å². The molecule has 0 unspecified atom stereocenters. The fourth-order valence-corrected chi connectivity index (χ4v) is 8.14. The van der Waals surface area contributed by atoms with Crippen molar-refractivity contribution in [2.45, 2.75) is 52.4 Å². The lowest BCUT2D eigenvalue weighted by Crippen LogP contribution is -2.10. The molecule has 0 amide bonds. The normalized spacial score (nSPS) is 11.1. The smallest absolute Gasteiger partial charge is 0.164 e. The predicted molar refractivity (Wildman–Crippen MR) is 264 cm³/mol. The molecule has 0 aliphatic heterocycles. The lowest BCUT2D eigenvalue weighted by atomic mass is 10.0. The molecule has 308 valence electrons. The van der Waals surface area contributed by atoms with Gasteiger partial charge < -0.3 is 4.90 Å². The summed E-state index contributed by atoms with van der Waals surface area (Å²) in [4.78, 5) is 17.7. The van der Waals surface area contributed by atoms with Gasteiger partial charge in [-0.3, -0.25) is 0 Å². The van der Waals surface area contributed by atoms with Gasteiger partial charge >= 0.3 is 0 Å². The molecule has 1 aromatic heterocycles. The highest BCUT2D eigenvalue weighted by atomic mass is 15.1. The second-order valence-corrected chi connectivity index (χ2v) is 16.2. The summed E-state index contributed by atoms with van der Waals surface area (Å²) in [6.07, 6.45) is 6.84. The van der Waals surface area contributed by atoms with Gasteiger partial charge in [0, 0.05) is 33.8 Å². The number of rotatable bonds is 15. The number of benzene rings is 8. The highest BCUT2D eigenvalue weighted by molar-refractivity contribution is 5.83. The van der Waals surface area contributed by atoms with Gasteiger partial charge in [0.15, 0.2) is 17.5 Å². The maximum atomic E-state index is 5.14. The van der Waals surface area contributed by atoms with Crippen LogP contribution in [0.4, 0.5) is 17.1 Å². The van der Waals surface area contributed by atoms with Crippen LogP contribution in [0.25, 0.3) is 67.5 Å². The van der Waals surface area contributed by atoms with Crippen molar-refractivity contribution in [3.05, 3.63) is 217 Å². The second kappa shape index (κ2) is 19.5. The van der Waals surface area contributed by atoms with Crippen LogP contribution in [-0.4, -0.2) is 15.0 Å². The van der Waals surface area contributed by atoms with E-state index in [9.17, 15) is 0 Å². The molecule has 8 aromatic carbocycles. The third-order valence-corrected chi connectivity index (χ3v) is 11.7. The van der Waals surface area contributed by atoms with Gasteiger partial charge in [0.25, 0.3) is 0 Å². The van der Waals surface area contributed by atoms with Crippen LogP contribution in [0, 0.1) is 0 Å². The minimum Gasteiger partial charge on any atom is -0.310 e. The van der Waals surface area contributed by atoms with Gasteiger partial charge in [-0.25, -0.2) is 15.0 Å². The van der Waals surface area contributed by atoms with Gasteiger partial charge in [-0.05, 0) is 113 Å². The zero-order valence-electron chi connectivity index (χ0n) is 36.2. The van der Waals surface area contributed by atoms with E-state index in [2.05, 4.69) is 225 Å². The van der Waals surface area contributed by atoms with Crippen molar-refractivity contribution in [3.8, 4) is 67.5 Å². The van der Waals surface area contributed by atoms with E-state index in [-0.39, 0.29) is 0 Å². The van der Waals surface area contributed by atoms with Crippen molar-refractivity contribution < 1.29 is 0 Å². The summed E-state index contributed by atoms with van der Waals surface area (Å²) >= 11 is 0. The van der Waals surface area contributed by atoms with Gasteiger partial charge in [0.1, 0.15) is 0 Å². The first-order chi connectivity index (χ1) is 31.1. The summed E-state index contributed by atoms with van der Waals surface area (Å²) in [6.45, 7) is 4.47. The van der Waals surface area contributed by atoms with Gasteiger partial charge in [-0.15, -0.1) is 0 Å². The van der Waals surface area contributed by atoms with Crippen LogP contribution in [0.3, 0.4) is 0 Å². The number of nitrogens with zero attached hydrogens (tertiary/aromatic N) is 4. The number of aryl methyl sites for hydroxylation is 2. The molecule has 0 spiro atoms. The Hall–Kier alpha value is -7.43. The van der Waals surface area contributed by atoms with E-state index < -0.39 is 0 Å². The number of hydrogen-bond donors (Lipinski definition) is 0. The molecule has 0 radical (unpaired) electrons. The maximum absolute atomic E-state index is 5.14. The lowest BCUT2D eigenvalue weighted by molar-refractivity contribution is 0.795. The standard InChI is InChI=1S/C59H52N4/c1-3-5-15-43-25-29-49(30-26-43)57-60-58(50-31-27-44(28-32-50)16-6-4-2)62-59(61-57)53-23-13-21-51(41-53)52-22-14-24-56(42-52)63(54-37-33-47(34-38-54)45-17-9-7-10-18-45)55-39-35-48(36-40-55)46-19-11-8-12-20-46/h7-14,17-42H,3-6,15-16H2,1-2H3. The average molecular weight is 817 g/mol. The minimum atomic E-state index is 0.650. The Bertz CT molecular complexity index is 2720. The molecule has 0 saturated heterocycles. The van der Waals surface area contributed by atoms with E-state index in [1.165, 1.54) is 59.1 Å². The van der Waals surface area contributed by atoms with E-state index in [1.807, 2.05) is 0 Å². The highest BCUT2D eigenvalue weighted by Gasteiger charge is 2.17. The lowest BCUT2D eigenvalue weighted by Gasteiger charge is -2.26. The molecule has 0 N–H and O–H groups in total. The molecular weight excluding hydrogens is 765 g/mol. The largest absolute Gasteiger partial charge is 0.310 e. The van der Waals surface area contributed by atoms with Crippen LogP contribution in [0.5, 0.6) is 0 Å². The first-order valence-electron chi connectivity index (χ1n) is 22.4. The summed E-state index contributed by atoms with van der Waals surface area (Å²) in [5.41, 5.74) is 15.7. The Morgan fingerprint density at radius 3 is 1.13 bits per heavy atom. The monoisotopic (exact) mass is 816 g/mol. The highest BCUT2D eigenvalue weighted by Crippen LogP contribution is 2.39. The zero-order valence-corrected chi connectivity index (χ0v) is 36.2. The Balaban J connectivity index is 1.09. The predicted octanol–water partition coefficient (Wildman–Crippen LogP) is 16.0. The van der Waals surface area contributed by atoms with Crippen LogP contribution in [0.2, 0.25) is 0 Å². The van der Waals surface area contributed by atoms with Crippen LogP contribution in [0.1, 0.15) is 50.7 Å². The molecule has 9 rings (SSSR count). The molecule has 4 heteroatoms. The maximum Gasteiger partial charge on any atom is 0.164 e. The fraction of sp³-hybridized carbons (Fsp3) is 0.136. The molecule has 9 aromatic rings.